The fourth-order valence-electron chi connectivity index (χ4n) is 2.95. The van der Waals surface area contributed by atoms with Gasteiger partial charge in [0.2, 0.25) is 11.8 Å². The van der Waals surface area contributed by atoms with Crippen LogP contribution in [0, 0.1) is 18.7 Å². The van der Waals surface area contributed by atoms with Gasteiger partial charge in [0.25, 0.3) is 0 Å². The molecule has 0 radical (unpaired) electrons. The quantitative estimate of drug-likeness (QED) is 0.812. The standard InChI is InChI=1S/C18H16ClFN2O5/c1-9-13(18(25)26)6-12(27-9)7-21-17(24)10-4-16(23)22(8-10)11-2-3-14(19)15(20)5-11/h2-3,5-6,10H,4,7-8H2,1H3,(H,21,24)(H,25,26). The summed E-state index contributed by atoms with van der Waals surface area (Å²) in [6.07, 6.45) is -0.00631. The predicted octanol–water partition coefficient (Wildman–Crippen LogP) is 2.75. The van der Waals surface area contributed by atoms with Crippen molar-refractivity contribution in [2.75, 3.05) is 11.4 Å². The summed E-state index contributed by atoms with van der Waals surface area (Å²) in [6, 6.07) is 5.37. The average molecular weight is 395 g/mol. The second kappa shape index (κ2) is 7.40. The topological polar surface area (TPSA) is 99.9 Å². The van der Waals surface area contributed by atoms with Crippen LogP contribution < -0.4 is 10.2 Å². The van der Waals surface area contributed by atoms with Crippen LogP contribution in [0.4, 0.5) is 10.1 Å². The second-order valence-corrected chi connectivity index (χ2v) is 6.62. The number of furan rings is 1. The lowest BCUT2D eigenvalue weighted by atomic mass is 10.1. The largest absolute Gasteiger partial charge is 0.478 e. The smallest absolute Gasteiger partial charge is 0.339 e. The summed E-state index contributed by atoms with van der Waals surface area (Å²) in [6.45, 7) is 1.64. The number of anilines is 1. The Labute approximate surface area is 158 Å². The minimum atomic E-state index is -1.11. The average Bonchev–Trinajstić information content (AvgIpc) is 3.18. The fourth-order valence-corrected chi connectivity index (χ4v) is 3.06. The molecule has 1 atom stereocenters. The van der Waals surface area contributed by atoms with E-state index in [2.05, 4.69) is 5.32 Å². The highest BCUT2D eigenvalue weighted by atomic mass is 35.5. The molecule has 142 valence electrons. The normalized spacial score (nSPS) is 16.6. The molecule has 2 amide bonds. The fraction of sp³-hybridized carbons (Fsp3) is 0.278. The number of nitrogens with one attached hydrogen (secondary N) is 1. The summed E-state index contributed by atoms with van der Waals surface area (Å²) < 4.78 is 18.9. The predicted molar refractivity (Wildman–Crippen MR) is 94.1 cm³/mol. The van der Waals surface area contributed by atoms with Gasteiger partial charge in [-0.25, -0.2) is 9.18 Å². The molecule has 2 N–H and O–H groups in total. The molecule has 7 nitrogen and oxygen atoms in total. The highest BCUT2D eigenvalue weighted by molar-refractivity contribution is 6.30. The molecule has 1 aliphatic heterocycles. The van der Waals surface area contributed by atoms with Crippen LogP contribution in [0.15, 0.2) is 28.7 Å². The first-order chi connectivity index (χ1) is 12.8. The molecule has 9 heteroatoms. The zero-order valence-electron chi connectivity index (χ0n) is 14.3. The van der Waals surface area contributed by atoms with Crippen LogP contribution in [0.1, 0.15) is 28.3 Å². The first kappa shape index (κ1) is 18.9. The van der Waals surface area contributed by atoms with Crippen molar-refractivity contribution in [1.29, 1.82) is 0 Å². The van der Waals surface area contributed by atoms with Crippen molar-refractivity contribution < 1.29 is 28.3 Å². The zero-order valence-corrected chi connectivity index (χ0v) is 15.0. The number of aryl methyl sites for hydroxylation is 1. The van der Waals surface area contributed by atoms with E-state index in [-0.39, 0.29) is 47.7 Å². The third-order valence-corrected chi connectivity index (χ3v) is 4.65. The number of carbonyl (C=O) groups is 3. The molecule has 1 aromatic heterocycles. The Morgan fingerprint density at radius 2 is 2.15 bits per heavy atom. The minimum Gasteiger partial charge on any atom is -0.478 e. The van der Waals surface area contributed by atoms with Gasteiger partial charge in [0.15, 0.2) is 0 Å². The third kappa shape index (κ3) is 3.95. The maximum Gasteiger partial charge on any atom is 0.339 e. The molecular weight excluding hydrogens is 379 g/mol. The van der Waals surface area contributed by atoms with Crippen LogP contribution in [0.25, 0.3) is 0 Å². The Balaban J connectivity index is 1.63. The molecule has 0 aliphatic carbocycles. The number of nitrogens with zero attached hydrogens (tertiary/aromatic N) is 1. The summed E-state index contributed by atoms with van der Waals surface area (Å²) in [5.74, 6) is -2.47. The Hall–Kier alpha value is -2.87. The summed E-state index contributed by atoms with van der Waals surface area (Å²) in [5, 5.41) is 11.6. The number of aromatic carboxylic acids is 1. The van der Waals surface area contributed by atoms with E-state index in [0.717, 1.165) is 6.07 Å². The number of benzene rings is 1. The monoisotopic (exact) mass is 394 g/mol. The third-order valence-electron chi connectivity index (χ3n) is 4.35. The van der Waals surface area contributed by atoms with Crippen LogP contribution in [0.2, 0.25) is 5.02 Å². The number of hydrogen-bond acceptors (Lipinski definition) is 4. The Morgan fingerprint density at radius 1 is 1.41 bits per heavy atom. The summed E-state index contributed by atoms with van der Waals surface area (Å²) in [7, 11) is 0. The maximum atomic E-state index is 13.6. The molecule has 0 bridgehead atoms. The van der Waals surface area contributed by atoms with E-state index in [1.807, 2.05) is 0 Å². The van der Waals surface area contributed by atoms with Gasteiger partial charge in [-0.05, 0) is 31.2 Å². The van der Waals surface area contributed by atoms with Crippen LogP contribution in [-0.2, 0) is 16.1 Å². The van der Waals surface area contributed by atoms with Gasteiger partial charge in [-0.1, -0.05) is 11.6 Å². The number of carboxylic acid groups (broad SMARTS) is 1. The van der Waals surface area contributed by atoms with E-state index >= 15 is 0 Å². The number of amides is 2. The lowest BCUT2D eigenvalue weighted by Gasteiger charge is -2.17. The molecule has 0 spiro atoms. The van der Waals surface area contributed by atoms with Gasteiger partial charge in [0.05, 0.1) is 17.5 Å². The van der Waals surface area contributed by atoms with Crippen LogP contribution in [-0.4, -0.2) is 29.4 Å². The number of rotatable bonds is 5. The van der Waals surface area contributed by atoms with Crippen molar-refractivity contribution in [3.8, 4) is 0 Å². The molecule has 1 aromatic carbocycles. The van der Waals surface area contributed by atoms with Gasteiger partial charge in [-0.3, -0.25) is 9.59 Å². The molecule has 0 saturated carbocycles. The highest BCUT2D eigenvalue weighted by Crippen LogP contribution is 2.28. The van der Waals surface area contributed by atoms with E-state index in [1.54, 1.807) is 0 Å². The summed E-state index contributed by atoms with van der Waals surface area (Å²) >= 11 is 5.65. The van der Waals surface area contributed by atoms with Crippen molar-refractivity contribution in [2.24, 2.45) is 5.92 Å². The molecule has 1 saturated heterocycles. The van der Waals surface area contributed by atoms with Crippen molar-refractivity contribution in [2.45, 2.75) is 19.9 Å². The Kier molecular flexibility index (Phi) is 5.18. The highest BCUT2D eigenvalue weighted by Gasteiger charge is 2.35. The van der Waals surface area contributed by atoms with Crippen molar-refractivity contribution in [3.63, 3.8) is 0 Å². The van der Waals surface area contributed by atoms with Gasteiger partial charge < -0.3 is 19.7 Å². The molecule has 1 unspecified atom stereocenters. The van der Waals surface area contributed by atoms with Gasteiger partial charge >= 0.3 is 5.97 Å². The van der Waals surface area contributed by atoms with Gasteiger partial charge in [-0.15, -0.1) is 0 Å². The molecule has 2 aromatic rings. The SMILES string of the molecule is Cc1oc(CNC(=O)C2CC(=O)N(c3ccc(Cl)c(F)c3)C2)cc1C(=O)O. The van der Waals surface area contributed by atoms with E-state index in [0.29, 0.717) is 11.4 Å². The van der Waals surface area contributed by atoms with E-state index < -0.39 is 17.7 Å². The van der Waals surface area contributed by atoms with E-state index in [4.69, 9.17) is 21.1 Å². The Bertz CT molecular complexity index is 926. The lowest BCUT2D eigenvalue weighted by molar-refractivity contribution is -0.126. The molecular formula is C18H16ClFN2O5. The minimum absolute atomic E-state index is 0.00631. The number of halogens is 2. The lowest BCUT2D eigenvalue weighted by Crippen LogP contribution is -2.32. The molecule has 3 rings (SSSR count). The first-order valence-electron chi connectivity index (χ1n) is 8.12. The van der Waals surface area contributed by atoms with E-state index in [1.165, 1.54) is 30.0 Å². The van der Waals surface area contributed by atoms with Crippen molar-refractivity contribution >= 4 is 35.1 Å². The Morgan fingerprint density at radius 3 is 2.78 bits per heavy atom. The molecule has 1 fully saturated rings. The zero-order chi connectivity index (χ0) is 19.7. The first-order valence-corrected chi connectivity index (χ1v) is 8.49. The number of carboxylic acids is 1. The van der Waals surface area contributed by atoms with Crippen LogP contribution in [0.3, 0.4) is 0 Å². The van der Waals surface area contributed by atoms with Gasteiger partial charge in [0, 0.05) is 18.7 Å². The van der Waals surface area contributed by atoms with E-state index in [9.17, 15) is 18.8 Å². The van der Waals surface area contributed by atoms with Crippen molar-refractivity contribution in [1.82, 2.24) is 5.32 Å². The summed E-state index contributed by atoms with van der Waals surface area (Å²) in [5.41, 5.74) is 0.371. The second-order valence-electron chi connectivity index (χ2n) is 6.21. The van der Waals surface area contributed by atoms with Gasteiger partial charge in [-0.2, -0.15) is 0 Å². The molecule has 2 heterocycles. The number of hydrogen-bond donors (Lipinski definition) is 2. The molecule has 27 heavy (non-hydrogen) atoms. The van der Waals surface area contributed by atoms with Crippen molar-refractivity contribution in [3.05, 3.63) is 52.2 Å². The maximum absolute atomic E-state index is 13.6. The molecule has 1 aliphatic rings. The number of carbonyl (C=O) groups excluding carboxylic acids is 2. The van der Waals surface area contributed by atoms with Gasteiger partial charge in [0.1, 0.15) is 22.9 Å². The van der Waals surface area contributed by atoms with Crippen LogP contribution in [0.5, 0.6) is 0 Å². The summed E-state index contributed by atoms with van der Waals surface area (Å²) in [4.78, 5) is 36.9. The van der Waals surface area contributed by atoms with Crippen LogP contribution >= 0.6 is 11.6 Å².